The monoisotopic (exact) mass is 366 g/mol. The number of hydrogen-bond donors (Lipinski definition) is 2. The number of furan rings is 1. The molecule has 1 heterocycles. The molecule has 0 spiro atoms. The van der Waals surface area contributed by atoms with Gasteiger partial charge in [-0.25, -0.2) is 0 Å². The zero-order chi connectivity index (χ0) is 18.7. The third-order valence-corrected chi connectivity index (χ3v) is 4.25. The molecule has 138 valence electrons. The fourth-order valence-corrected chi connectivity index (χ4v) is 2.76. The van der Waals surface area contributed by atoms with Gasteiger partial charge in [-0.15, -0.1) is 0 Å². The van der Waals surface area contributed by atoms with E-state index in [0.29, 0.717) is 6.42 Å². The lowest BCUT2D eigenvalue weighted by Crippen LogP contribution is -2.35. The Labute approximate surface area is 147 Å². The first-order valence-corrected chi connectivity index (χ1v) is 8.13. The molecule has 3 rings (SSSR count). The number of nitrogens with one attached hydrogen (secondary N) is 2. The van der Waals surface area contributed by atoms with Gasteiger partial charge in [0.15, 0.2) is 5.76 Å². The van der Waals surface area contributed by atoms with Crippen molar-refractivity contribution in [2.45, 2.75) is 18.5 Å². The number of benzene rings is 1. The van der Waals surface area contributed by atoms with Crippen LogP contribution in [0.1, 0.15) is 34.0 Å². The Morgan fingerprint density at radius 3 is 2.38 bits per heavy atom. The van der Waals surface area contributed by atoms with E-state index in [4.69, 9.17) is 4.42 Å². The van der Waals surface area contributed by atoms with E-state index < -0.39 is 11.7 Å². The summed E-state index contributed by atoms with van der Waals surface area (Å²) >= 11 is 0. The van der Waals surface area contributed by atoms with Crippen LogP contribution >= 0.6 is 0 Å². The Bertz CT molecular complexity index is 770. The second kappa shape index (κ2) is 7.23. The van der Waals surface area contributed by atoms with Crippen molar-refractivity contribution in [1.82, 2.24) is 10.6 Å². The largest absolute Gasteiger partial charge is 0.459 e. The van der Waals surface area contributed by atoms with Crippen molar-refractivity contribution < 1.29 is 27.2 Å². The molecule has 2 amide bonds. The van der Waals surface area contributed by atoms with Crippen molar-refractivity contribution in [3.05, 3.63) is 59.5 Å². The number of alkyl halides is 3. The molecule has 0 saturated heterocycles. The first-order chi connectivity index (χ1) is 12.4. The Kier molecular flexibility index (Phi) is 5.01. The summed E-state index contributed by atoms with van der Waals surface area (Å²) in [7, 11) is 0. The van der Waals surface area contributed by atoms with Gasteiger partial charge in [0.1, 0.15) is 0 Å². The summed E-state index contributed by atoms with van der Waals surface area (Å²) in [6, 6.07) is 8.05. The first kappa shape index (κ1) is 18.0. The molecule has 1 aromatic heterocycles. The van der Waals surface area contributed by atoms with E-state index in [1.165, 1.54) is 24.5 Å². The minimum Gasteiger partial charge on any atom is -0.459 e. The molecule has 1 aliphatic rings. The molecule has 0 aliphatic heterocycles. The predicted octanol–water partition coefficient (Wildman–Crippen LogP) is 2.95. The molecule has 1 saturated carbocycles. The average Bonchev–Trinajstić information content (AvgIpc) is 3.22. The zero-order valence-electron chi connectivity index (χ0n) is 13.7. The van der Waals surface area contributed by atoms with Crippen molar-refractivity contribution in [3.63, 3.8) is 0 Å². The normalized spacial score (nSPS) is 19.0. The van der Waals surface area contributed by atoms with Gasteiger partial charge in [0, 0.05) is 19.0 Å². The second-order valence-electron chi connectivity index (χ2n) is 6.09. The summed E-state index contributed by atoms with van der Waals surface area (Å²) in [5, 5.41) is 5.33. The van der Waals surface area contributed by atoms with Gasteiger partial charge < -0.3 is 15.1 Å². The Morgan fingerprint density at radius 1 is 1.08 bits per heavy atom. The number of carbonyl (C=O) groups is 2. The number of carbonyl (C=O) groups excluding carboxylic acids is 2. The maximum atomic E-state index is 12.6. The Morgan fingerprint density at radius 2 is 1.77 bits per heavy atom. The van der Waals surface area contributed by atoms with Crippen molar-refractivity contribution in [1.29, 1.82) is 0 Å². The highest BCUT2D eigenvalue weighted by atomic mass is 19.4. The lowest BCUT2D eigenvalue weighted by atomic mass is 10.1. The summed E-state index contributed by atoms with van der Waals surface area (Å²) in [6.45, 7) is 0.518. The van der Waals surface area contributed by atoms with Gasteiger partial charge in [0.25, 0.3) is 5.91 Å². The maximum Gasteiger partial charge on any atom is 0.416 e. The van der Waals surface area contributed by atoms with E-state index in [0.717, 1.165) is 17.7 Å². The van der Waals surface area contributed by atoms with Gasteiger partial charge in [-0.2, -0.15) is 13.2 Å². The highest BCUT2D eigenvalue weighted by molar-refractivity contribution is 5.91. The molecule has 1 aliphatic carbocycles. The fraction of sp³-hybridized carbons (Fsp3) is 0.333. The van der Waals surface area contributed by atoms with E-state index in [9.17, 15) is 22.8 Å². The van der Waals surface area contributed by atoms with Crippen LogP contribution in [0.5, 0.6) is 0 Å². The van der Waals surface area contributed by atoms with Gasteiger partial charge in [-0.1, -0.05) is 12.1 Å². The molecule has 8 heteroatoms. The van der Waals surface area contributed by atoms with Crippen molar-refractivity contribution in [2.24, 2.45) is 5.92 Å². The summed E-state index contributed by atoms with van der Waals surface area (Å²) in [5.41, 5.74) is 0.0273. The molecule has 1 fully saturated rings. The van der Waals surface area contributed by atoms with Crippen molar-refractivity contribution in [2.75, 3.05) is 13.1 Å². The zero-order valence-corrected chi connectivity index (χ0v) is 13.7. The molecule has 2 N–H and O–H groups in total. The highest BCUT2D eigenvalue weighted by Crippen LogP contribution is 2.47. The average molecular weight is 366 g/mol. The minimum absolute atomic E-state index is 0.0602. The molecule has 0 bridgehead atoms. The van der Waals surface area contributed by atoms with Crippen LogP contribution in [0.3, 0.4) is 0 Å². The molecule has 5 nitrogen and oxygen atoms in total. The van der Waals surface area contributed by atoms with E-state index in [2.05, 4.69) is 10.6 Å². The summed E-state index contributed by atoms with van der Waals surface area (Å²) in [4.78, 5) is 23.7. The van der Waals surface area contributed by atoms with Gasteiger partial charge in [-0.3, -0.25) is 9.59 Å². The second-order valence-corrected chi connectivity index (χ2v) is 6.09. The minimum atomic E-state index is -4.36. The van der Waals surface area contributed by atoms with Crippen LogP contribution in [-0.4, -0.2) is 24.9 Å². The molecular weight excluding hydrogens is 349 g/mol. The third-order valence-electron chi connectivity index (χ3n) is 4.25. The Hall–Kier alpha value is -2.77. The SMILES string of the molecule is O=C(NCCNC(=O)C1CC1c1ccc(C(F)(F)F)cc1)c1ccco1. The van der Waals surface area contributed by atoms with Gasteiger partial charge in [-0.05, 0) is 42.2 Å². The van der Waals surface area contributed by atoms with Crippen LogP contribution in [0, 0.1) is 5.92 Å². The lowest BCUT2D eigenvalue weighted by molar-refractivity contribution is -0.137. The summed E-state index contributed by atoms with van der Waals surface area (Å²) < 4.78 is 42.6. The fourth-order valence-electron chi connectivity index (χ4n) is 2.76. The number of rotatable bonds is 6. The topological polar surface area (TPSA) is 71.3 Å². The number of amides is 2. The quantitative estimate of drug-likeness (QED) is 0.772. The smallest absolute Gasteiger partial charge is 0.416 e. The predicted molar refractivity (Wildman–Crippen MR) is 86.3 cm³/mol. The molecule has 0 radical (unpaired) electrons. The van der Waals surface area contributed by atoms with Gasteiger partial charge >= 0.3 is 6.18 Å². The van der Waals surface area contributed by atoms with Crippen LogP contribution in [0.15, 0.2) is 47.1 Å². The molecule has 2 unspecified atom stereocenters. The number of halogens is 3. The molecule has 1 aromatic carbocycles. The van der Waals surface area contributed by atoms with Gasteiger partial charge in [0.05, 0.1) is 11.8 Å². The lowest BCUT2D eigenvalue weighted by Gasteiger charge is -2.08. The molecule has 2 atom stereocenters. The Balaban J connectivity index is 1.41. The first-order valence-electron chi connectivity index (χ1n) is 8.13. The van der Waals surface area contributed by atoms with Crippen LogP contribution in [-0.2, 0) is 11.0 Å². The summed E-state index contributed by atoms with van der Waals surface area (Å²) in [5.74, 6) is -0.635. The number of hydrogen-bond acceptors (Lipinski definition) is 3. The van der Waals surface area contributed by atoms with Crippen LogP contribution in [0.2, 0.25) is 0 Å². The van der Waals surface area contributed by atoms with E-state index in [1.54, 1.807) is 6.07 Å². The van der Waals surface area contributed by atoms with Crippen LogP contribution in [0.4, 0.5) is 13.2 Å². The standard InChI is InChI=1S/C18H17F3N2O3/c19-18(20,21)12-5-3-11(4-6-12)13-10-14(13)16(24)22-7-8-23-17(25)15-2-1-9-26-15/h1-6,9,13-14H,7-8,10H2,(H,22,24)(H,23,25). The van der Waals surface area contributed by atoms with E-state index in [-0.39, 0.29) is 42.5 Å². The third kappa shape index (κ3) is 4.25. The van der Waals surface area contributed by atoms with Crippen molar-refractivity contribution in [3.8, 4) is 0 Å². The molecule has 26 heavy (non-hydrogen) atoms. The molecule has 2 aromatic rings. The maximum absolute atomic E-state index is 12.6. The highest BCUT2D eigenvalue weighted by Gasteiger charge is 2.44. The van der Waals surface area contributed by atoms with E-state index in [1.807, 2.05) is 0 Å². The molecular formula is C18H17F3N2O3. The van der Waals surface area contributed by atoms with E-state index >= 15 is 0 Å². The summed E-state index contributed by atoms with van der Waals surface area (Å²) in [6.07, 6.45) is -2.36. The van der Waals surface area contributed by atoms with Crippen LogP contribution < -0.4 is 10.6 Å². The van der Waals surface area contributed by atoms with Crippen LogP contribution in [0.25, 0.3) is 0 Å². The van der Waals surface area contributed by atoms with Gasteiger partial charge in [0.2, 0.25) is 5.91 Å². The van der Waals surface area contributed by atoms with Crippen molar-refractivity contribution >= 4 is 11.8 Å².